The van der Waals surface area contributed by atoms with E-state index in [1.807, 2.05) is 0 Å². The van der Waals surface area contributed by atoms with Gasteiger partial charge in [-0.3, -0.25) is 9.97 Å². The van der Waals surface area contributed by atoms with Crippen molar-refractivity contribution in [2.45, 2.75) is 102 Å². The van der Waals surface area contributed by atoms with Crippen LogP contribution >= 0.6 is 15.9 Å². The third-order valence-electron chi connectivity index (χ3n) is 9.94. The molecule has 0 spiro atoms. The maximum atomic E-state index is 14.7. The fourth-order valence-corrected chi connectivity index (χ4v) is 7.44. The van der Waals surface area contributed by atoms with E-state index in [1.54, 1.807) is 64.6 Å². The topological polar surface area (TPSA) is 146 Å². The van der Waals surface area contributed by atoms with Crippen molar-refractivity contribution in [2.24, 2.45) is 0 Å². The smallest absolute Gasteiger partial charge is 0.417 e. The van der Waals surface area contributed by atoms with E-state index in [2.05, 4.69) is 50.7 Å². The molecule has 2 aliphatic rings. The minimum atomic E-state index is -1.13. The first-order valence-electron chi connectivity index (χ1n) is 19.6. The summed E-state index contributed by atoms with van der Waals surface area (Å²) in [4.78, 5) is 57.1. The van der Waals surface area contributed by atoms with E-state index in [-0.39, 0.29) is 62.1 Å². The number of alkyl halides is 2. The lowest BCUT2D eigenvalue weighted by molar-refractivity contribution is 0.0499. The number of carbonyl (C=O) groups excluding carboxylic acids is 2. The number of anilines is 2. The minimum absolute atomic E-state index is 0.0150. The first kappa shape index (κ1) is 45.5. The molecule has 326 valence electrons. The summed E-state index contributed by atoms with van der Waals surface area (Å²) in [6, 6.07) is 7.15. The van der Waals surface area contributed by atoms with E-state index < -0.39 is 58.2 Å². The van der Waals surface area contributed by atoms with Gasteiger partial charge in [0.1, 0.15) is 35.2 Å². The highest BCUT2D eigenvalue weighted by Crippen LogP contribution is 2.48. The fraction of sp³-hybridized carbons (Fsp3) is 0.419. The summed E-state index contributed by atoms with van der Waals surface area (Å²) >= 11 is 3.25. The van der Waals surface area contributed by atoms with Gasteiger partial charge in [0.15, 0.2) is 0 Å². The molecule has 2 amide bonds. The molecule has 14 nitrogen and oxygen atoms in total. The van der Waals surface area contributed by atoms with Crippen molar-refractivity contribution < 1.29 is 36.6 Å². The number of hydrogen-bond donors (Lipinski definition) is 0. The lowest BCUT2D eigenvalue weighted by atomic mass is 9.64. The molecular formula is C43H45BrF4N10O4. The van der Waals surface area contributed by atoms with Crippen LogP contribution in [0.15, 0.2) is 84.4 Å². The predicted octanol–water partition coefficient (Wildman–Crippen LogP) is 9.75. The normalized spacial score (nSPS) is 20.6. The second-order valence-electron chi connectivity index (χ2n) is 17.2. The fourth-order valence-electron chi connectivity index (χ4n) is 7.24. The van der Waals surface area contributed by atoms with Crippen molar-refractivity contribution in [3.63, 3.8) is 0 Å². The highest BCUT2D eigenvalue weighted by Gasteiger charge is 2.52. The van der Waals surface area contributed by atoms with Gasteiger partial charge < -0.3 is 14.0 Å². The van der Waals surface area contributed by atoms with Crippen molar-refractivity contribution >= 4 is 45.7 Å². The minimum Gasteiger partial charge on any atom is -0.443 e. The number of halogens is 5. The van der Waals surface area contributed by atoms with Gasteiger partial charge in [-0.25, -0.2) is 61.7 Å². The summed E-state index contributed by atoms with van der Waals surface area (Å²) in [5, 5.41) is 0. The maximum absolute atomic E-state index is 14.7. The number of aromatic nitrogens is 7. The highest BCUT2D eigenvalue weighted by atomic mass is 79.9. The number of amides is 2. The summed E-state index contributed by atoms with van der Waals surface area (Å²) in [6.07, 6.45) is 8.72. The molecule has 7 rings (SSSR count). The zero-order chi connectivity index (χ0) is 45.0. The Balaban J connectivity index is 0.000000211. The Morgan fingerprint density at radius 2 is 1.18 bits per heavy atom. The van der Waals surface area contributed by atoms with Gasteiger partial charge in [0.05, 0.1) is 40.5 Å². The summed E-state index contributed by atoms with van der Waals surface area (Å²) in [5.74, 6) is -0.961. The molecule has 2 fully saturated rings. The maximum Gasteiger partial charge on any atom is 0.417 e. The van der Waals surface area contributed by atoms with E-state index >= 15 is 0 Å². The number of rotatable bonds is 9. The van der Waals surface area contributed by atoms with Crippen LogP contribution in [0.4, 0.5) is 44.7 Å². The summed E-state index contributed by atoms with van der Waals surface area (Å²) in [6.45, 7) is 17.3. The number of carbonyl (C=O) groups is 2. The molecule has 0 unspecified atom stereocenters. The summed E-state index contributed by atoms with van der Waals surface area (Å²) in [5.41, 5.74) is -2.28. The van der Waals surface area contributed by atoms with Crippen LogP contribution in [-0.2, 0) is 20.3 Å². The number of pyridine rings is 2. The molecule has 0 aliphatic heterocycles. The van der Waals surface area contributed by atoms with Gasteiger partial charge in [-0.05, 0) is 120 Å². The van der Waals surface area contributed by atoms with Crippen molar-refractivity contribution in [1.29, 1.82) is 0 Å². The molecule has 5 aromatic rings. The highest BCUT2D eigenvalue weighted by molar-refractivity contribution is 9.10. The van der Waals surface area contributed by atoms with Crippen molar-refractivity contribution in [1.82, 2.24) is 34.5 Å². The molecule has 0 atom stereocenters. The predicted molar refractivity (Wildman–Crippen MR) is 225 cm³/mol. The van der Waals surface area contributed by atoms with Crippen LogP contribution in [0.25, 0.3) is 10.5 Å². The Bertz CT molecular complexity index is 2410. The van der Waals surface area contributed by atoms with Crippen molar-refractivity contribution in [3.05, 3.63) is 119 Å². The van der Waals surface area contributed by atoms with Crippen LogP contribution in [0.1, 0.15) is 78.6 Å². The molecule has 0 saturated heterocycles. The third kappa shape index (κ3) is 10.7. The molecule has 19 heteroatoms. The van der Waals surface area contributed by atoms with E-state index in [0.29, 0.717) is 15.8 Å². The zero-order valence-electron chi connectivity index (χ0n) is 34.9. The standard InChI is InChI=1S/C24H24F2N6O2.C19H21BrF2N4O2/c1-23(2,3)34-22(33)32(15-24(10-16(25)11-24)20-19(26)6-5-8-28-20)21-29-12-18(13-30-21)31-9-7-17(14-31)27-4;1-18(2,3)28-17(27)26(16-24-9-12(20)10-25-16)11-19(7-13(21)8-19)15-14(22)5-4-6-23-15/h5-9,12-14,16H,10-11,15H2,1-3H3;4-6,9-10,13H,7-8,11H2,1-3H3. The van der Waals surface area contributed by atoms with Crippen LogP contribution in [0.3, 0.4) is 0 Å². The molecule has 5 aromatic heterocycles. The molecule has 0 bridgehead atoms. The van der Waals surface area contributed by atoms with Gasteiger partial charge >= 0.3 is 12.2 Å². The van der Waals surface area contributed by atoms with E-state index in [4.69, 9.17) is 16.0 Å². The van der Waals surface area contributed by atoms with Crippen LogP contribution in [0.5, 0.6) is 0 Å². The lowest BCUT2D eigenvalue weighted by Crippen LogP contribution is -2.54. The van der Waals surface area contributed by atoms with E-state index in [9.17, 15) is 27.2 Å². The molecule has 0 radical (unpaired) electrons. The molecule has 2 aliphatic carbocycles. The van der Waals surface area contributed by atoms with Crippen molar-refractivity contribution in [2.75, 3.05) is 22.9 Å². The van der Waals surface area contributed by atoms with Gasteiger partial charge in [0.2, 0.25) is 17.6 Å². The van der Waals surface area contributed by atoms with Crippen LogP contribution in [0.2, 0.25) is 0 Å². The number of ether oxygens (including phenoxy) is 2. The average molecular weight is 922 g/mol. The molecule has 0 aromatic carbocycles. The average Bonchev–Trinajstić information content (AvgIpc) is 3.67. The SMILES string of the molecule is CC(C)(C)OC(=O)N(CC1(c2ncccc2F)CC(F)C1)c1ncc(Br)cn1.[C-]#[N+]c1ccn(-c2cnc(N(CC3(c4ncccc4F)CC(F)C3)C(=O)OC(C)(C)C)nc2)c1. The monoisotopic (exact) mass is 920 g/mol. The Hall–Kier alpha value is -6.03. The largest absolute Gasteiger partial charge is 0.443 e. The second-order valence-corrected chi connectivity index (χ2v) is 18.1. The Kier molecular flexibility index (Phi) is 13.3. The quantitative estimate of drug-likeness (QED) is 0.103. The summed E-state index contributed by atoms with van der Waals surface area (Å²) in [7, 11) is 0. The van der Waals surface area contributed by atoms with Gasteiger partial charge in [-0.15, -0.1) is 0 Å². The van der Waals surface area contributed by atoms with Crippen molar-refractivity contribution in [3.8, 4) is 5.69 Å². The Morgan fingerprint density at radius 1 is 0.758 bits per heavy atom. The second kappa shape index (κ2) is 18.1. The molecule has 62 heavy (non-hydrogen) atoms. The van der Waals surface area contributed by atoms with Crippen LogP contribution in [-0.4, -0.2) is 83.3 Å². The first-order chi connectivity index (χ1) is 29.2. The zero-order valence-corrected chi connectivity index (χ0v) is 36.5. The number of hydrogen-bond acceptors (Lipinski definition) is 10. The Morgan fingerprint density at radius 3 is 1.53 bits per heavy atom. The molecular weight excluding hydrogens is 876 g/mol. The molecule has 5 heterocycles. The van der Waals surface area contributed by atoms with Gasteiger partial charge in [0, 0.05) is 54.9 Å². The number of nitrogens with zero attached hydrogens (tertiary/aromatic N) is 10. The first-order valence-corrected chi connectivity index (χ1v) is 20.4. The van der Waals surface area contributed by atoms with Gasteiger partial charge in [-0.1, -0.05) is 0 Å². The molecule has 2 saturated carbocycles. The Labute approximate surface area is 364 Å². The summed E-state index contributed by atoms with van der Waals surface area (Å²) < 4.78 is 70.4. The third-order valence-corrected chi connectivity index (χ3v) is 10.3. The van der Waals surface area contributed by atoms with E-state index in [0.717, 1.165) is 0 Å². The van der Waals surface area contributed by atoms with Crippen LogP contribution in [0, 0.1) is 18.2 Å². The van der Waals surface area contributed by atoms with Gasteiger partial charge in [-0.2, -0.15) is 0 Å². The van der Waals surface area contributed by atoms with E-state index in [1.165, 1.54) is 71.2 Å². The lowest BCUT2D eigenvalue weighted by Gasteiger charge is -2.45. The molecule has 0 N–H and O–H groups in total. The van der Waals surface area contributed by atoms with Crippen LogP contribution < -0.4 is 9.80 Å². The van der Waals surface area contributed by atoms with Gasteiger partial charge in [0.25, 0.3) is 0 Å².